The van der Waals surface area contributed by atoms with E-state index in [1.54, 1.807) is 0 Å². The van der Waals surface area contributed by atoms with Gasteiger partial charge in [0.2, 0.25) is 0 Å². The minimum absolute atomic E-state index is 0.377. The zero-order valence-electron chi connectivity index (χ0n) is 10.7. The second kappa shape index (κ2) is 5.50. The van der Waals surface area contributed by atoms with Crippen LogP contribution in [0.25, 0.3) is 0 Å². The van der Waals surface area contributed by atoms with Crippen molar-refractivity contribution in [3.63, 3.8) is 0 Å². The number of hydrogen-bond donors (Lipinski definition) is 2. The molecule has 16 heavy (non-hydrogen) atoms. The molecule has 2 fully saturated rings. The van der Waals surface area contributed by atoms with Gasteiger partial charge in [0.1, 0.15) is 0 Å². The summed E-state index contributed by atoms with van der Waals surface area (Å²) in [5.74, 6) is 0.904. The standard InChI is InChI=1S/C14H27NO/c1-12-5-4-6-13(8-7-12)15-11-14(16)9-2-3-10-14/h12-13,15-16H,2-11H2,1H3. The fourth-order valence-corrected chi connectivity index (χ4v) is 3.24. The summed E-state index contributed by atoms with van der Waals surface area (Å²) in [6, 6.07) is 0.662. The predicted molar refractivity (Wildman–Crippen MR) is 67.5 cm³/mol. The Kier molecular flexibility index (Phi) is 4.26. The van der Waals surface area contributed by atoms with Crippen LogP contribution >= 0.6 is 0 Å². The van der Waals surface area contributed by atoms with Gasteiger partial charge < -0.3 is 10.4 Å². The van der Waals surface area contributed by atoms with Crippen molar-refractivity contribution in [1.29, 1.82) is 0 Å². The first kappa shape index (κ1) is 12.4. The van der Waals surface area contributed by atoms with Gasteiger partial charge in [0.05, 0.1) is 5.60 Å². The van der Waals surface area contributed by atoms with Crippen molar-refractivity contribution in [2.24, 2.45) is 5.92 Å². The molecule has 0 aromatic carbocycles. The van der Waals surface area contributed by atoms with E-state index >= 15 is 0 Å². The lowest BCUT2D eigenvalue weighted by atomic mass is 10.0. The molecule has 0 aromatic heterocycles. The van der Waals surface area contributed by atoms with Crippen molar-refractivity contribution >= 4 is 0 Å². The molecule has 0 aromatic rings. The highest BCUT2D eigenvalue weighted by Crippen LogP contribution is 2.29. The summed E-state index contributed by atoms with van der Waals surface area (Å²) in [6.45, 7) is 3.19. The molecule has 2 heteroatoms. The predicted octanol–water partition coefficient (Wildman–Crippen LogP) is 2.85. The molecule has 0 radical (unpaired) electrons. The highest BCUT2D eigenvalue weighted by atomic mass is 16.3. The maximum absolute atomic E-state index is 10.3. The van der Waals surface area contributed by atoms with E-state index in [4.69, 9.17) is 0 Å². The molecular weight excluding hydrogens is 198 g/mol. The fraction of sp³-hybridized carbons (Fsp3) is 1.00. The van der Waals surface area contributed by atoms with Crippen LogP contribution in [0, 0.1) is 5.92 Å². The van der Waals surface area contributed by atoms with Gasteiger partial charge in [-0.25, -0.2) is 0 Å². The van der Waals surface area contributed by atoms with Gasteiger partial charge >= 0.3 is 0 Å². The molecule has 2 atom stereocenters. The van der Waals surface area contributed by atoms with Gasteiger partial charge in [0.25, 0.3) is 0 Å². The van der Waals surface area contributed by atoms with Crippen LogP contribution in [-0.4, -0.2) is 23.3 Å². The Bertz CT molecular complexity index is 211. The average molecular weight is 225 g/mol. The summed E-state index contributed by atoms with van der Waals surface area (Å²) in [5.41, 5.74) is -0.377. The van der Waals surface area contributed by atoms with Crippen molar-refractivity contribution in [3.05, 3.63) is 0 Å². The van der Waals surface area contributed by atoms with Crippen LogP contribution in [0.15, 0.2) is 0 Å². The third-order valence-electron chi connectivity index (χ3n) is 4.51. The molecule has 0 amide bonds. The summed E-state index contributed by atoms with van der Waals surface area (Å²) in [7, 11) is 0. The van der Waals surface area contributed by atoms with Crippen molar-refractivity contribution in [3.8, 4) is 0 Å². The van der Waals surface area contributed by atoms with E-state index in [-0.39, 0.29) is 5.60 Å². The van der Waals surface area contributed by atoms with E-state index in [9.17, 15) is 5.11 Å². The average Bonchev–Trinajstić information content (AvgIpc) is 2.58. The summed E-state index contributed by atoms with van der Waals surface area (Å²) < 4.78 is 0. The van der Waals surface area contributed by atoms with E-state index in [2.05, 4.69) is 12.2 Å². The highest BCUT2D eigenvalue weighted by molar-refractivity contribution is 4.88. The summed E-state index contributed by atoms with van der Waals surface area (Å²) in [6.07, 6.45) is 11.1. The maximum atomic E-state index is 10.3. The quantitative estimate of drug-likeness (QED) is 0.724. The zero-order valence-corrected chi connectivity index (χ0v) is 10.7. The van der Waals surface area contributed by atoms with E-state index in [1.807, 2.05) is 0 Å². The van der Waals surface area contributed by atoms with Crippen LogP contribution in [-0.2, 0) is 0 Å². The van der Waals surface area contributed by atoms with Crippen LogP contribution in [0.5, 0.6) is 0 Å². The SMILES string of the molecule is CC1CCCC(NCC2(O)CCCC2)CC1. The van der Waals surface area contributed by atoms with E-state index in [0.717, 1.165) is 25.3 Å². The molecule has 2 unspecified atom stereocenters. The normalized spacial score (nSPS) is 34.9. The Labute approximate surface area is 99.8 Å². The van der Waals surface area contributed by atoms with Gasteiger partial charge in [-0.15, -0.1) is 0 Å². The number of hydrogen-bond acceptors (Lipinski definition) is 2. The molecule has 0 aliphatic heterocycles. The molecule has 2 aliphatic rings. The maximum Gasteiger partial charge on any atom is 0.0771 e. The smallest absolute Gasteiger partial charge is 0.0771 e. The van der Waals surface area contributed by atoms with Crippen molar-refractivity contribution in [2.45, 2.75) is 76.4 Å². The van der Waals surface area contributed by atoms with Gasteiger partial charge in [-0.2, -0.15) is 0 Å². The van der Waals surface area contributed by atoms with Crippen LogP contribution in [0.2, 0.25) is 0 Å². The van der Waals surface area contributed by atoms with E-state index in [1.165, 1.54) is 44.9 Å². The first-order valence-corrected chi connectivity index (χ1v) is 7.14. The molecule has 2 nitrogen and oxygen atoms in total. The Morgan fingerprint density at radius 1 is 1.06 bits per heavy atom. The molecule has 0 spiro atoms. The Morgan fingerprint density at radius 3 is 2.56 bits per heavy atom. The topological polar surface area (TPSA) is 32.3 Å². The number of rotatable bonds is 3. The van der Waals surface area contributed by atoms with Gasteiger partial charge in [-0.05, 0) is 38.0 Å². The Hall–Kier alpha value is -0.0800. The minimum Gasteiger partial charge on any atom is -0.389 e. The van der Waals surface area contributed by atoms with E-state index in [0.29, 0.717) is 6.04 Å². The lowest BCUT2D eigenvalue weighted by molar-refractivity contribution is 0.0442. The van der Waals surface area contributed by atoms with Crippen molar-refractivity contribution in [1.82, 2.24) is 5.32 Å². The van der Waals surface area contributed by atoms with Crippen LogP contribution < -0.4 is 5.32 Å². The molecule has 94 valence electrons. The molecule has 0 heterocycles. The molecule has 2 aliphatic carbocycles. The van der Waals surface area contributed by atoms with E-state index < -0.39 is 0 Å². The van der Waals surface area contributed by atoms with Gasteiger partial charge in [-0.1, -0.05) is 32.6 Å². The summed E-state index contributed by atoms with van der Waals surface area (Å²) in [5, 5.41) is 13.9. The lowest BCUT2D eigenvalue weighted by Gasteiger charge is -2.26. The van der Waals surface area contributed by atoms with Crippen molar-refractivity contribution in [2.75, 3.05) is 6.54 Å². The third-order valence-corrected chi connectivity index (χ3v) is 4.51. The van der Waals surface area contributed by atoms with Crippen LogP contribution in [0.1, 0.15) is 64.7 Å². The number of aliphatic hydroxyl groups is 1. The third kappa shape index (κ3) is 3.46. The van der Waals surface area contributed by atoms with Gasteiger partial charge in [0, 0.05) is 12.6 Å². The molecule has 0 saturated heterocycles. The molecular formula is C14H27NO. The lowest BCUT2D eigenvalue weighted by Crippen LogP contribution is -2.42. The summed E-state index contributed by atoms with van der Waals surface area (Å²) >= 11 is 0. The molecule has 2 rings (SSSR count). The van der Waals surface area contributed by atoms with Gasteiger partial charge in [-0.3, -0.25) is 0 Å². The van der Waals surface area contributed by atoms with Crippen LogP contribution in [0.3, 0.4) is 0 Å². The van der Waals surface area contributed by atoms with Crippen molar-refractivity contribution < 1.29 is 5.11 Å². The summed E-state index contributed by atoms with van der Waals surface area (Å²) in [4.78, 5) is 0. The second-order valence-corrected chi connectivity index (χ2v) is 6.12. The zero-order chi connectivity index (χ0) is 11.4. The molecule has 2 saturated carbocycles. The van der Waals surface area contributed by atoms with Gasteiger partial charge in [0.15, 0.2) is 0 Å². The monoisotopic (exact) mass is 225 g/mol. The molecule has 0 bridgehead atoms. The Balaban J connectivity index is 1.72. The minimum atomic E-state index is -0.377. The first-order valence-electron chi connectivity index (χ1n) is 7.14. The molecule has 2 N–H and O–H groups in total. The Morgan fingerprint density at radius 2 is 1.81 bits per heavy atom. The largest absolute Gasteiger partial charge is 0.389 e. The van der Waals surface area contributed by atoms with Crippen LogP contribution in [0.4, 0.5) is 0 Å². The second-order valence-electron chi connectivity index (χ2n) is 6.12. The fourth-order valence-electron chi connectivity index (χ4n) is 3.24. The first-order chi connectivity index (χ1) is 7.68. The number of nitrogens with one attached hydrogen (secondary N) is 1. The highest BCUT2D eigenvalue weighted by Gasteiger charge is 2.31.